The number of hydrogen-bond acceptors (Lipinski definition) is 5. The van der Waals surface area contributed by atoms with E-state index in [0.29, 0.717) is 9.79 Å². The summed E-state index contributed by atoms with van der Waals surface area (Å²) in [6.07, 6.45) is 0. The molecule has 2 N–H and O–H groups in total. The van der Waals surface area contributed by atoms with Crippen molar-refractivity contribution < 1.29 is 18.3 Å². The van der Waals surface area contributed by atoms with Crippen molar-refractivity contribution in [1.82, 2.24) is 0 Å². The second kappa shape index (κ2) is 5.66. The summed E-state index contributed by atoms with van der Waals surface area (Å²) in [5, 5.41) is 16.2. The molecule has 0 radical (unpaired) electrons. The highest BCUT2D eigenvalue weighted by Gasteiger charge is 2.15. The van der Waals surface area contributed by atoms with E-state index in [9.17, 15) is 18.3 Å². The van der Waals surface area contributed by atoms with E-state index < -0.39 is 16.0 Å². The molecule has 0 unspecified atom stereocenters. The van der Waals surface area contributed by atoms with Gasteiger partial charge in [-0.05, 0) is 18.2 Å². The van der Waals surface area contributed by atoms with Gasteiger partial charge in [0.2, 0.25) is 10.0 Å². The second-order valence-electron chi connectivity index (χ2n) is 3.88. The summed E-state index contributed by atoms with van der Waals surface area (Å²) >= 11 is 1.02. The Bertz CT molecular complexity index is 756. The maximum Gasteiger partial charge on any atom is 0.239 e. The smallest absolute Gasteiger partial charge is 0.239 e. The van der Waals surface area contributed by atoms with E-state index >= 15 is 0 Å². The van der Waals surface area contributed by atoms with E-state index in [0.717, 1.165) is 11.8 Å². The van der Waals surface area contributed by atoms with Crippen LogP contribution < -0.4 is 10.2 Å². The lowest BCUT2D eigenvalue weighted by atomic mass is 10.2. The number of carboxylic acid groups (broad SMARTS) is 1. The van der Waals surface area contributed by atoms with Gasteiger partial charge in [0, 0.05) is 15.4 Å². The van der Waals surface area contributed by atoms with Crippen LogP contribution >= 0.6 is 11.8 Å². The molecule has 7 heteroatoms. The number of carbonyl (C=O) groups is 1. The number of carbonyl (C=O) groups excluding carboxylic acids is 1. The first kappa shape index (κ1) is 14.6. The molecule has 2 rings (SSSR count). The van der Waals surface area contributed by atoms with Crippen LogP contribution in [0, 0.1) is 0 Å². The lowest BCUT2D eigenvalue weighted by Gasteiger charge is -2.11. The third-order valence-corrected chi connectivity index (χ3v) is 4.73. The lowest BCUT2D eigenvalue weighted by molar-refractivity contribution is -0.255. The Morgan fingerprint density at radius 2 is 1.55 bits per heavy atom. The van der Waals surface area contributed by atoms with E-state index in [4.69, 9.17) is 5.14 Å². The van der Waals surface area contributed by atoms with E-state index in [2.05, 4.69) is 0 Å². The van der Waals surface area contributed by atoms with Crippen LogP contribution in [0.3, 0.4) is 0 Å². The van der Waals surface area contributed by atoms with Crippen molar-refractivity contribution in [3.63, 3.8) is 0 Å². The zero-order chi connectivity index (χ0) is 14.8. The fraction of sp³-hybridized carbons (Fsp3) is 0. The molecule has 0 fully saturated rings. The van der Waals surface area contributed by atoms with Crippen molar-refractivity contribution in [1.29, 1.82) is 0 Å². The van der Waals surface area contributed by atoms with Gasteiger partial charge in [0.05, 0.1) is 10.9 Å². The number of nitrogens with two attached hydrogens (primary N) is 1. The molecule has 0 bridgehead atoms. The summed E-state index contributed by atoms with van der Waals surface area (Å²) in [5.41, 5.74) is 0.00159. The van der Waals surface area contributed by atoms with E-state index in [-0.39, 0.29) is 10.5 Å². The topological polar surface area (TPSA) is 100 Å². The molecule has 2 aromatic rings. The van der Waals surface area contributed by atoms with Crippen LogP contribution in [0.25, 0.3) is 0 Å². The average molecular weight is 308 g/mol. The minimum atomic E-state index is -3.87. The van der Waals surface area contributed by atoms with E-state index in [1.54, 1.807) is 36.4 Å². The fourth-order valence-corrected chi connectivity index (χ4v) is 3.66. The predicted molar refractivity (Wildman–Crippen MR) is 72.7 cm³/mol. The van der Waals surface area contributed by atoms with Crippen molar-refractivity contribution >= 4 is 27.8 Å². The molecule has 5 nitrogen and oxygen atoms in total. The summed E-state index contributed by atoms with van der Waals surface area (Å²) in [6, 6.07) is 12.4. The molecular formula is C13H10NO4S2-. The molecular weight excluding hydrogens is 298 g/mol. The van der Waals surface area contributed by atoms with Crippen molar-refractivity contribution in [2.45, 2.75) is 14.7 Å². The van der Waals surface area contributed by atoms with Crippen molar-refractivity contribution in [3.05, 3.63) is 54.1 Å². The first-order chi connectivity index (χ1) is 9.39. The molecule has 20 heavy (non-hydrogen) atoms. The zero-order valence-electron chi connectivity index (χ0n) is 10.1. The monoisotopic (exact) mass is 308 g/mol. The number of rotatable bonds is 4. The normalized spacial score (nSPS) is 11.2. The Labute approximate surface area is 120 Å². The molecule has 0 amide bonds. The molecule has 0 atom stereocenters. The van der Waals surface area contributed by atoms with Crippen LogP contribution in [0.4, 0.5) is 0 Å². The number of hydrogen-bond donors (Lipinski definition) is 1. The highest BCUT2D eigenvalue weighted by molar-refractivity contribution is 8.00. The van der Waals surface area contributed by atoms with Gasteiger partial charge in [-0.3, -0.25) is 0 Å². The predicted octanol–water partition coefficient (Wildman–Crippen LogP) is 0.849. The van der Waals surface area contributed by atoms with Crippen LogP contribution in [-0.4, -0.2) is 14.4 Å². The Morgan fingerprint density at radius 1 is 1.00 bits per heavy atom. The molecule has 0 saturated heterocycles. The molecule has 0 aromatic heterocycles. The van der Waals surface area contributed by atoms with Crippen molar-refractivity contribution in [2.24, 2.45) is 5.14 Å². The maximum atomic E-state index is 11.5. The number of primary sulfonamides is 1. The molecule has 0 aliphatic rings. The third kappa shape index (κ3) is 3.19. The third-order valence-electron chi connectivity index (χ3n) is 2.48. The van der Waals surface area contributed by atoms with Crippen LogP contribution in [0.15, 0.2) is 63.2 Å². The van der Waals surface area contributed by atoms with Crippen molar-refractivity contribution in [2.75, 3.05) is 0 Å². The van der Waals surface area contributed by atoms with Gasteiger partial charge in [-0.15, -0.1) is 0 Å². The number of carboxylic acids is 1. The first-order valence-electron chi connectivity index (χ1n) is 5.49. The van der Waals surface area contributed by atoms with Crippen LogP contribution in [0.2, 0.25) is 0 Å². The second-order valence-corrected chi connectivity index (χ2v) is 6.49. The van der Waals surface area contributed by atoms with Gasteiger partial charge in [0.15, 0.2) is 0 Å². The zero-order valence-corrected chi connectivity index (χ0v) is 11.8. The Hall–Kier alpha value is -1.83. The highest BCUT2D eigenvalue weighted by Crippen LogP contribution is 2.34. The van der Waals surface area contributed by atoms with Crippen LogP contribution in [0.1, 0.15) is 10.4 Å². The van der Waals surface area contributed by atoms with Crippen molar-refractivity contribution in [3.8, 4) is 0 Å². The van der Waals surface area contributed by atoms with E-state index in [1.807, 2.05) is 0 Å². The maximum absolute atomic E-state index is 11.5. The standard InChI is InChI=1S/C13H11NO4S2/c14-20(17,18)12-8-4-3-7-11(12)19-10-6-2-1-5-9(10)13(15)16/h1-8H,(H,15,16)(H2,14,17,18)/p-1. The molecule has 0 heterocycles. The minimum absolute atomic E-state index is 0.00159. The van der Waals surface area contributed by atoms with Gasteiger partial charge in [0.25, 0.3) is 0 Å². The summed E-state index contributed by atoms with van der Waals surface area (Å²) in [6.45, 7) is 0. The van der Waals surface area contributed by atoms with Gasteiger partial charge in [-0.25, -0.2) is 13.6 Å². The SMILES string of the molecule is NS(=O)(=O)c1ccccc1Sc1ccccc1C(=O)[O-]. The van der Waals surface area contributed by atoms with Gasteiger partial charge < -0.3 is 9.90 Å². The lowest BCUT2D eigenvalue weighted by Crippen LogP contribution is -2.22. The number of benzene rings is 2. The van der Waals surface area contributed by atoms with Gasteiger partial charge in [-0.2, -0.15) is 0 Å². The molecule has 0 aliphatic carbocycles. The van der Waals surface area contributed by atoms with Gasteiger partial charge in [0.1, 0.15) is 0 Å². The minimum Gasteiger partial charge on any atom is -0.545 e. The molecule has 2 aromatic carbocycles. The molecule has 104 valence electrons. The Balaban J connectivity index is 2.49. The average Bonchev–Trinajstić information content (AvgIpc) is 2.38. The van der Waals surface area contributed by atoms with Crippen LogP contribution in [0.5, 0.6) is 0 Å². The summed E-state index contributed by atoms with van der Waals surface area (Å²) < 4.78 is 23.0. The highest BCUT2D eigenvalue weighted by atomic mass is 32.2. The first-order valence-corrected chi connectivity index (χ1v) is 7.86. The number of aromatic carboxylic acids is 1. The molecule has 0 saturated carbocycles. The fourth-order valence-electron chi connectivity index (χ4n) is 1.61. The molecule has 0 aliphatic heterocycles. The largest absolute Gasteiger partial charge is 0.545 e. The van der Waals surface area contributed by atoms with E-state index in [1.165, 1.54) is 12.1 Å². The number of sulfonamides is 1. The summed E-state index contributed by atoms with van der Waals surface area (Å²) in [5.74, 6) is -1.32. The van der Waals surface area contributed by atoms with Gasteiger partial charge >= 0.3 is 0 Å². The molecule has 0 spiro atoms. The Kier molecular flexibility index (Phi) is 4.12. The quantitative estimate of drug-likeness (QED) is 0.902. The Morgan fingerprint density at radius 3 is 2.15 bits per heavy atom. The summed E-state index contributed by atoms with van der Waals surface area (Å²) in [7, 11) is -3.87. The van der Waals surface area contributed by atoms with Gasteiger partial charge in [-0.1, -0.05) is 42.1 Å². The summed E-state index contributed by atoms with van der Waals surface area (Å²) in [4.78, 5) is 11.7. The van der Waals surface area contributed by atoms with Crippen LogP contribution in [-0.2, 0) is 10.0 Å².